The number of likely N-dealkylation sites (N-methyl/N-ethyl adjacent to an activating group) is 1. The Morgan fingerprint density at radius 1 is 1.14 bits per heavy atom. The van der Waals surface area contributed by atoms with Crippen molar-refractivity contribution >= 4 is 10.0 Å². The molecule has 112 valence electrons. The highest BCUT2D eigenvalue weighted by Gasteiger charge is 2.28. The van der Waals surface area contributed by atoms with Crippen LogP contribution in [0.2, 0.25) is 0 Å². The molecular weight excluding hydrogens is 290 g/mol. The zero-order valence-electron chi connectivity index (χ0n) is 11.8. The highest BCUT2D eigenvalue weighted by atomic mass is 32.2. The predicted molar refractivity (Wildman–Crippen MR) is 77.6 cm³/mol. The van der Waals surface area contributed by atoms with Crippen LogP contribution in [0.25, 0.3) is 5.82 Å². The van der Waals surface area contributed by atoms with E-state index in [0.717, 1.165) is 13.1 Å². The number of nitrogens with zero attached hydrogens (tertiary/aromatic N) is 5. The van der Waals surface area contributed by atoms with E-state index in [-0.39, 0.29) is 4.90 Å². The van der Waals surface area contributed by atoms with Crippen molar-refractivity contribution < 1.29 is 8.42 Å². The van der Waals surface area contributed by atoms with Gasteiger partial charge in [0.15, 0.2) is 5.82 Å². The summed E-state index contributed by atoms with van der Waals surface area (Å²) in [6.07, 6.45) is 4.53. The molecule has 0 saturated carbocycles. The van der Waals surface area contributed by atoms with Gasteiger partial charge < -0.3 is 4.90 Å². The minimum Gasteiger partial charge on any atom is -0.304 e. The zero-order valence-corrected chi connectivity index (χ0v) is 12.6. The van der Waals surface area contributed by atoms with Crippen molar-refractivity contribution in [3.05, 3.63) is 36.8 Å². The van der Waals surface area contributed by atoms with Gasteiger partial charge in [0.1, 0.15) is 4.90 Å². The summed E-state index contributed by atoms with van der Waals surface area (Å²) < 4.78 is 28.1. The Morgan fingerprint density at radius 3 is 2.57 bits per heavy atom. The lowest BCUT2D eigenvalue weighted by molar-refractivity contribution is 0.222. The second-order valence-electron chi connectivity index (χ2n) is 5.02. The van der Waals surface area contributed by atoms with E-state index < -0.39 is 10.0 Å². The lowest BCUT2D eigenvalue weighted by Crippen LogP contribution is -2.46. The number of piperazine rings is 1. The average molecular weight is 307 g/mol. The molecule has 7 nitrogen and oxygen atoms in total. The van der Waals surface area contributed by atoms with E-state index in [0.29, 0.717) is 18.9 Å². The fraction of sp³-hybridized carbons (Fsp3) is 0.385. The minimum absolute atomic E-state index is 0.206. The molecule has 2 aromatic rings. The van der Waals surface area contributed by atoms with Gasteiger partial charge in [-0.1, -0.05) is 6.07 Å². The average Bonchev–Trinajstić information content (AvgIpc) is 2.99. The molecule has 0 aliphatic carbocycles. The van der Waals surface area contributed by atoms with Crippen molar-refractivity contribution in [3.63, 3.8) is 0 Å². The standard InChI is InChI=1S/C13H17N5O2S/c1-16-6-8-17(9-7-16)21(19,20)12-10-15-18(11-12)13-4-2-3-5-14-13/h2-5,10-11H,6-9H2,1H3. The highest BCUT2D eigenvalue weighted by molar-refractivity contribution is 7.89. The van der Waals surface area contributed by atoms with Crippen LogP contribution >= 0.6 is 0 Å². The Kier molecular flexibility index (Phi) is 3.75. The van der Waals surface area contributed by atoms with Crippen LogP contribution in [0.5, 0.6) is 0 Å². The first kappa shape index (κ1) is 14.2. The van der Waals surface area contributed by atoms with Gasteiger partial charge in [-0.2, -0.15) is 9.40 Å². The molecule has 2 aromatic heterocycles. The molecule has 0 spiro atoms. The first-order valence-electron chi connectivity index (χ1n) is 6.72. The quantitative estimate of drug-likeness (QED) is 0.810. The first-order valence-corrected chi connectivity index (χ1v) is 8.16. The third-order valence-electron chi connectivity index (χ3n) is 3.54. The van der Waals surface area contributed by atoms with Crippen molar-refractivity contribution in [3.8, 4) is 5.82 Å². The molecular formula is C13H17N5O2S. The Hall–Kier alpha value is -1.77. The minimum atomic E-state index is -3.48. The Balaban J connectivity index is 1.85. The van der Waals surface area contributed by atoms with Crippen LogP contribution in [0.4, 0.5) is 0 Å². The van der Waals surface area contributed by atoms with Gasteiger partial charge in [0, 0.05) is 32.4 Å². The van der Waals surface area contributed by atoms with Crippen LogP contribution in [0.15, 0.2) is 41.7 Å². The van der Waals surface area contributed by atoms with Crippen LogP contribution in [-0.4, -0.2) is 65.6 Å². The number of rotatable bonds is 3. The molecule has 0 radical (unpaired) electrons. The molecule has 1 aliphatic rings. The molecule has 0 amide bonds. The summed E-state index contributed by atoms with van der Waals surface area (Å²) in [5.41, 5.74) is 0. The molecule has 3 heterocycles. The largest absolute Gasteiger partial charge is 0.304 e. The van der Waals surface area contributed by atoms with Gasteiger partial charge in [-0.25, -0.2) is 18.1 Å². The molecule has 21 heavy (non-hydrogen) atoms. The maximum absolute atomic E-state index is 12.6. The third kappa shape index (κ3) is 2.82. The lowest BCUT2D eigenvalue weighted by Gasteiger charge is -2.31. The molecule has 1 aliphatic heterocycles. The summed E-state index contributed by atoms with van der Waals surface area (Å²) in [4.78, 5) is 6.47. The molecule has 0 unspecified atom stereocenters. The van der Waals surface area contributed by atoms with Crippen molar-refractivity contribution in [1.29, 1.82) is 0 Å². The molecule has 3 rings (SSSR count). The van der Waals surface area contributed by atoms with Gasteiger partial charge >= 0.3 is 0 Å². The SMILES string of the molecule is CN1CCN(S(=O)(=O)c2cnn(-c3ccccn3)c2)CC1. The first-order chi connectivity index (χ1) is 10.1. The molecule has 0 aromatic carbocycles. The zero-order chi connectivity index (χ0) is 14.9. The van der Waals surface area contributed by atoms with E-state index in [1.54, 1.807) is 18.3 Å². The number of sulfonamides is 1. The number of pyridine rings is 1. The van der Waals surface area contributed by atoms with Crippen LogP contribution in [0.3, 0.4) is 0 Å². The molecule has 0 bridgehead atoms. The van der Waals surface area contributed by atoms with Gasteiger partial charge in [0.25, 0.3) is 0 Å². The fourth-order valence-electron chi connectivity index (χ4n) is 2.23. The predicted octanol–water partition coefficient (Wildman–Crippen LogP) is 0.203. The monoisotopic (exact) mass is 307 g/mol. The Morgan fingerprint density at radius 2 is 1.90 bits per heavy atom. The van der Waals surface area contributed by atoms with E-state index in [9.17, 15) is 8.42 Å². The van der Waals surface area contributed by atoms with Crippen LogP contribution in [-0.2, 0) is 10.0 Å². The fourth-order valence-corrected chi connectivity index (χ4v) is 3.59. The molecule has 1 saturated heterocycles. The Labute approximate surface area is 123 Å². The smallest absolute Gasteiger partial charge is 0.246 e. The third-order valence-corrected chi connectivity index (χ3v) is 5.39. The molecule has 0 N–H and O–H groups in total. The second kappa shape index (κ2) is 5.55. The van der Waals surface area contributed by atoms with Crippen LogP contribution in [0, 0.1) is 0 Å². The van der Waals surface area contributed by atoms with Gasteiger partial charge in [-0.05, 0) is 19.2 Å². The van der Waals surface area contributed by atoms with Crippen molar-refractivity contribution in [2.24, 2.45) is 0 Å². The summed E-state index contributed by atoms with van der Waals surface area (Å²) >= 11 is 0. The topological polar surface area (TPSA) is 71.3 Å². The maximum Gasteiger partial charge on any atom is 0.246 e. The van der Waals surface area contributed by atoms with E-state index >= 15 is 0 Å². The van der Waals surface area contributed by atoms with Crippen molar-refractivity contribution in [2.75, 3.05) is 33.2 Å². The summed E-state index contributed by atoms with van der Waals surface area (Å²) in [5.74, 6) is 0.595. The van der Waals surface area contributed by atoms with Gasteiger partial charge in [-0.3, -0.25) is 0 Å². The summed E-state index contributed by atoms with van der Waals surface area (Å²) in [6, 6.07) is 5.41. The van der Waals surface area contributed by atoms with Crippen molar-refractivity contribution in [2.45, 2.75) is 4.90 Å². The maximum atomic E-state index is 12.6. The Bertz CT molecular complexity index is 705. The highest BCUT2D eigenvalue weighted by Crippen LogP contribution is 2.17. The molecule has 1 fully saturated rings. The second-order valence-corrected chi connectivity index (χ2v) is 6.95. The van der Waals surface area contributed by atoms with E-state index in [1.807, 2.05) is 13.1 Å². The van der Waals surface area contributed by atoms with E-state index in [1.165, 1.54) is 21.4 Å². The van der Waals surface area contributed by atoms with Crippen LogP contribution < -0.4 is 0 Å². The normalized spacial score (nSPS) is 18.0. The number of hydrogen-bond acceptors (Lipinski definition) is 5. The van der Waals surface area contributed by atoms with Gasteiger partial charge in [-0.15, -0.1) is 0 Å². The van der Waals surface area contributed by atoms with Crippen molar-refractivity contribution in [1.82, 2.24) is 24.0 Å². The number of aromatic nitrogens is 3. The molecule has 0 atom stereocenters. The van der Waals surface area contributed by atoms with E-state index in [2.05, 4.69) is 15.0 Å². The van der Waals surface area contributed by atoms with Gasteiger partial charge in [0.2, 0.25) is 10.0 Å². The van der Waals surface area contributed by atoms with Crippen LogP contribution in [0.1, 0.15) is 0 Å². The summed E-state index contributed by atoms with van der Waals surface area (Å²) in [6.45, 7) is 2.50. The summed E-state index contributed by atoms with van der Waals surface area (Å²) in [5, 5.41) is 4.10. The summed E-state index contributed by atoms with van der Waals surface area (Å²) in [7, 11) is -1.49. The van der Waals surface area contributed by atoms with Gasteiger partial charge in [0.05, 0.1) is 12.4 Å². The lowest BCUT2D eigenvalue weighted by atomic mass is 10.4. The van der Waals surface area contributed by atoms with E-state index in [4.69, 9.17) is 0 Å². The number of hydrogen-bond donors (Lipinski definition) is 0. The molecule has 8 heteroatoms.